The van der Waals surface area contributed by atoms with Crippen LogP contribution >= 0.6 is 0 Å². The number of anilines is 1. The van der Waals surface area contributed by atoms with E-state index in [4.69, 9.17) is 0 Å². The van der Waals surface area contributed by atoms with Gasteiger partial charge < -0.3 is 0 Å². The number of rotatable bonds is 2. The Morgan fingerprint density at radius 1 is 0.920 bits per heavy atom. The SMILES string of the molecule is O=C(NF)N(C(=O)c1c(F)cccc1F)c1ccc(C(F)(F)F)cc1. The number of hydrogen-bond acceptors (Lipinski definition) is 2. The fourth-order valence-corrected chi connectivity index (χ4v) is 1.98. The molecular formula is C15H8F6N2O2. The van der Waals surface area contributed by atoms with E-state index >= 15 is 0 Å². The molecule has 2 rings (SSSR count). The van der Waals surface area contributed by atoms with Gasteiger partial charge in [-0.3, -0.25) is 4.79 Å². The molecule has 0 fully saturated rings. The molecule has 0 radical (unpaired) electrons. The van der Waals surface area contributed by atoms with Crippen LogP contribution in [0.2, 0.25) is 0 Å². The smallest absolute Gasteiger partial charge is 0.268 e. The number of nitrogens with one attached hydrogen (secondary N) is 1. The Bertz CT molecular complexity index is 784. The third-order valence-corrected chi connectivity index (χ3v) is 3.12. The van der Waals surface area contributed by atoms with Gasteiger partial charge in [0, 0.05) is 0 Å². The Morgan fingerprint density at radius 3 is 1.88 bits per heavy atom. The van der Waals surface area contributed by atoms with E-state index in [1.807, 2.05) is 0 Å². The van der Waals surface area contributed by atoms with E-state index in [1.165, 1.54) is 0 Å². The number of imide groups is 1. The molecule has 0 aromatic heterocycles. The zero-order chi connectivity index (χ0) is 18.8. The number of benzene rings is 2. The maximum Gasteiger partial charge on any atom is 0.416 e. The van der Waals surface area contributed by atoms with Crippen molar-refractivity contribution < 1.29 is 36.0 Å². The highest BCUT2D eigenvalue weighted by molar-refractivity contribution is 6.20. The first kappa shape index (κ1) is 18.3. The van der Waals surface area contributed by atoms with Crippen LogP contribution in [0.1, 0.15) is 15.9 Å². The summed E-state index contributed by atoms with van der Waals surface area (Å²) in [5.74, 6) is -4.24. The van der Waals surface area contributed by atoms with Crippen molar-refractivity contribution in [1.29, 1.82) is 0 Å². The average molecular weight is 362 g/mol. The number of alkyl halides is 3. The molecular weight excluding hydrogens is 354 g/mol. The molecule has 0 saturated heterocycles. The van der Waals surface area contributed by atoms with Crippen molar-refractivity contribution in [3.63, 3.8) is 0 Å². The van der Waals surface area contributed by atoms with Crippen LogP contribution in [0.5, 0.6) is 0 Å². The second kappa shape index (κ2) is 6.83. The molecule has 2 aromatic carbocycles. The summed E-state index contributed by atoms with van der Waals surface area (Å²) < 4.78 is 77.6. The molecule has 0 aliphatic heterocycles. The molecule has 132 valence electrons. The monoisotopic (exact) mass is 362 g/mol. The maximum atomic E-state index is 13.7. The number of amides is 3. The standard InChI is InChI=1S/C15H8F6N2O2/c16-10-2-1-3-11(17)12(10)13(24)23(14(25)22-21)9-6-4-8(5-7-9)15(18,19)20/h1-7H,(H,22,25). The van der Waals surface area contributed by atoms with E-state index in [0.717, 1.165) is 18.2 Å². The molecule has 0 spiro atoms. The van der Waals surface area contributed by atoms with Crippen LogP contribution in [0.15, 0.2) is 42.5 Å². The number of carbonyl (C=O) groups excluding carboxylic acids is 2. The van der Waals surface area contributed by atoms with Crippen LogP contribution in [0.25, 0.3) is 0 Å². The fourth-order valence-electron chi connectivity index (χ4n) is 1.98. The Morgan fingerprint density at radius 2 is 1.44 bits per heavy atom. The molecule has 10 heteroatoms. The minimum absolute atomic E-state index is 0.0261. The van der Waals surface area contributed by atoms with Crippen LogP contribution in [-0.4, -0.2) is 11.9 Å². The first-order chi connectivity index (χ1) is 11.7. The number of hydrogen-bond donors (Lipinski definition) is 1. The van der Waals surface area contributed by atoms with Gasteiger partial charge >= 0.3 is 12.2 Å². The Labute approximate surface area is 136 Å². The molecule has 0 aliphatic rings. The molecule has 0 atom stereocenters. The maximum absolute atomic E-state index is 13.7. The van der Waals surface area contributed by atoms with Gasteiger partial charge in [-0.05, 0) is 36.4 Å². The number of carbonyl (C=O) groups is 2. The molecule has 0 bridgehead atoms. The second-order valence-electron chi connectivity index (χ2n) is 4.68. The first-order valence-corrected chi connectivity index (χ1v) is 6.53. The third kappa shape index (κ3) is 3.73. The summed E-state index contributed by atoms with van der Waals surface area (Å²) in [5, 5.41) is 0. The van der Waals surface area contributed by atoms with Crippen molar-refractivity contribution in [2.75, 3.05) is 4.90 Å². The predicted octanol–water partition coefficient (Wildman–Crippen LogP) is 4.22. The molecule has 0 unspecified atom stereocenters. The zero-order valence-corrected chi connectivity index (χ0v) is 12.1. The largest absolute Gasteiger partial charge is 0.416 e. The summed E-state index contributed by atoms with van der Waals surface area (Å²) in [6, 6.07) is 3.12. The Hall–Kier alpha value is -3.04. The summed E-state index contributed by atoms with van der Waals surface area (Å²) in [7, 11) is 0. The van der Waals surface area contributed by atoms with Gasteiger partial charge in [-0.25, -0.2) is 18.5 Å². The van der Waals surface area contributed by atoms with Crippen molar-refractivity contribution in [3.05, 3.63) is 65.2 Å². The minimum Gasteiger partial charge on any atom is -0.268 e. The normalized spacial score (nSPS) is 11.1. The Kier molecular flexibility index (Phi) is 5.00. The van der Waals surface area contributed by atoms with Gasteiger partial charge in [0.1, 0.15) is 17.2 Å². The molecule has 1 N–H and O–H groups in total. The highest BCUT2D eigenvalue weighted by atomic mass is 19.4. The van der Waals surface area contributed by atoms with Gasteiger partial charge in [-0.2, -0.15) is 18.7 Å². The average Bonchev–Trinajstić information content (AvgIpc) is 2.54. The lowest BCUT2D eigenvalue weighted by atomic mass is 10.1. The van der Waals surface area contributed by atoms with Crippen molar-refractivity contribution in [1.82, 2.24) is 5.54 Å². The molecule has 3 amide bonds. The minimum atomic E-state index is -4.69. The van der Waals surface area contributed by atoms with Crippen LogP contribution in [0, 0.1) is 11.6 Å². The van der Waals surface area contributed by atoms with Gasteiger partial charge in [0.05, 0.1) is 11.3 Å². The molecule has 25 heavy (non-hydrogen) atoms. The lowest BCUT2D eigenvalue weighted by molar-refractivity contribution is -0.137. The number of urea groups is 1. The van der Waals surface area contributed by atoms with Crippen LogP contribution in [0.4, 0.5) is 36.9 Å². The van der Waals surface area contributed by atoms with E-state index in [1.54, 1.807) is 0 Å². The summed E-state index contributed by atoms with van der Waals surface area (Å²) in [5.41, 5.74) is -2.18. The van der Waals surface area contributed by atoms with Crippen molar-refractivity contribution >= 4 is 17.6 Å². The van der Waals surface area contributed by atoms with Gasteiger partial charge in [-0.15, -0.1) is 0 Å². The van der Waals surface area contributed by atoms with E-state index in [2.05, 4.69) is 0 Å². The van der Waals surface area contributed by atoms with Gasteiger partial charge in [0.15, 0.2) is 0 Å². The van der Waals surface area contributed by atoms with Crippen LogP contribution in [0.3, 0.4) is 0 Å². The van der Waals surface area contributed by atoms with E-state index < -0.39 is 46.6 Å². The predicted molar refractivity (Wildman–Crippen MR) is 74.3 cm³/mol. The first-order valence-electron chi connectivity index (χ1n) is 6.53. The van der Waals surface area contributed by atoms with Gasteiger partial charge in [0.25, 0.3) is 5.91 Å². The van der Waals surface area contributed by atoms with Crippen molar-refractivity contribution in [2.45, 2.75) is 6.18 Å². The number of halogens is 6. The summed E-state index contributed by atoms with van der Waals surface area (Å²) in [6.45, 7) is 0. The van der Waals surface area contributed by atoms with Crippen LogP contribution < -0.4 is 10.4 Å². The van der Waals surface area contributed by atoms with E-state index in [-0.39, 0.29) is 4.90 Å². The van der Waals surface area contributed by atoms with Crippen molar-refractivity contribution in [3.8, 4) is 0 Å². The lowest BCUT2D eigenvalue weighted by Gasteiger charge is -2.20. The lowest BCUT2D eigenvalue weighted by Crippen LogP contribution is -2.42. The highest BCUT2D eigenvalue weighted by Gasteiger charge is 2.32. The zero-order valence-electron chi connectivity index (χ0n) is 12.1. The van der Waals surface area contributed by atoms with Crippen molar-refractivity contribution in [2.24, 2.45) is 0 Å². The third-order valence-electron chi connectivity index (χ3n) is 3.12. The molecule has 0 aliphatic carbocycles. The topological polar surface area (TPSA) is 49.4 Å². The Balaban J connectivity index is 2.50. The molecule has 2 aromatic rings. The highest BCUT2D eigenvalue weighted by Crippen LogP contribution is 2.31. The molecule has 0 heterocycles. The fraction of sp³-hybridized carbons (Fsp3) is 0.0667. The second-order valence-corrected chi connectivity index (χ2v) is 4.68. The quantitative estimate of drug-likeness (QED) is 0.642. The van der Waals surface area contributed by atoms with E-state index in [0.29, 0.717) is 29.8 Å². The van der Waals surface area contributed by atoms with Gasteiger partial charge in [0.2, 0.25) is 0 Å². The summed E-state index contributed by atoms with van der Waals surface area (Å²) in [6.07, 6.45) is -4.69. The van der Waals surface area contributed by atoms with Gasteiger partial charge in [-0.1, -0.05) is 10.5 Å². The summed E-state index contributed by atoms with van der Waals surface area (Å²) >= 11 is 0. The molecule has 0 saturated carbocycles. The van der Waals surface area contributed by atoms with E-state index in [9.17, 15) is 36.0 Å². The molecule has 4 nitrogen and oxygen atoms in total. The summed E-state index contributed by atoms with van der Waals surface area (Å²) in [4.78, 5) is 23.8. The van der Waals surface area contributed by atoms with Crippen LogP contribution in [-0.2, 0) is 6.18 Å². The number of nitrogens with zero attached hydrogens (tertiary/aromatic N) is 1.